The molecular formula is C22H20N2O7S. The molecule has 1 heterocycles. The van der Waals surface area contributed by atoms with E-state index in [-0.39, 0.29) is 10.7 Å². The van der Waals surface area contributed by atoms with Crippen LogP contribution in [0.2, 0.25) is 0 Å². The predicted molar refractivity (Wildman–Crippen MR) is 119 cm³/mol. The standard InChI is InChI=1S/C22H20N2O7S/c1-13-3-6-15(7-4-13)23-19(25)11-24-21(28)18(32-22(24)29)10-14-5-8-16(30-2)17(9-14)31-12-20(26)27/h3-10H,11-12H2,1-2H3,(H,23,25)(H,26,27). The number of thioether (sulfide) groups is 1. The number of anilines is 1. The van der Waals surface area contributed by atoms with Gasteiger partial charge in [0.15, 0.2) is 18.1 Å². The SMILES string of the molecule is COc1ccc(C=C2SC(=O)N(CC(=O)Nc3ccc(C)cc3)C2=O)cc1OCC(=O)O. The average molecular weight is 456 g/mol. The summed E-state index contributed by atoms with van der Waals surface area (Å²) in [6.45, 7) is 0.945. The Morgan fingerprint density at radius 3 is 2.50 bits per heavy atom. The van der Waals surface area contributed by atoms with E-state index in [1.54, 1.807) is 24.3 Å². The molecule has 0 saturated carbocycles. The molecule has 1 fully saturated rings. The summed E-state index contributed by atoms with van der Waals surface area (Å²) in [7, 11) is 1.41. The van der Waals surface area contributed by atoms with Crippen LogP contribution in [0.5, 0.6) is 11.5 Å². The van der Waals surface area contributed by atoms with E-state index >= 15 is 0 Å². The fourth-order valence-electron chi connectivity index (χ4n) is 2.80. The van der Waals surface area contributed by atoms with Crippen LogP contribution in [0.4, 0.5) is 10.5 Å². The lowest BCUT2D eigenvalue weighted by molar-refractivity contribution is -0.139. The third-order valence-electron chi connectivity index (χ3n) is 4.35. The number of amides is 3. The normalized spacial score (nSPS) is 14.6. The van der Waals surface area contributed by atoms with E-state index in [1.165, 1.54) is 19.3 Å². The molecule has 2 aromatic carbocycles. The molecule has 1 aliphatic rings. The summed E-state index contributed by atoms with van der Waals surface area (Å²) in [5.41, 5.74) is 2.10. The Morgan fingerprint density at radius 2 is 1.84 bits per heavy atom. The van der Waals surface area contributed by atoms with Crippen LogP contribution in [0.25, 0.3) is 6.08 Å². The molecule has 0 unspecified atom stereocenters. The summed E-state index contributed by atoms with van der Waals surface area (Å²) in [6.07, 6.45) is 1.47. The number of imide groups is 1. The number of carbonyl (C=O) groups excluding carboxylic acids is 3. The highest BCUT2D eigenvalue weighted by Crippen LogP contribution is 2.34. The molecular weight excluding hydrogens is 436 g/mol. The maximum Gasteiger partial charge on any atom is 0.341 e. The topological polar surface area (TPSA) is 122 Å². The number of hydrogen-bond acceptors (Lipinski definition) is 7. The van der Waals surface area contributed by atoms with E-state index in [4.69, 9.17) is 14.6 Å². The van der Waals surface area contributed by atoms with Crippen molar-refractivity contribution in [2.24, 2.45) is 0 Å². The first-order valence-corrected chi connectivity index (χ1v) is 10.2. The Hall–Kier alpha value is -3.79. The van der Waals surface area contributed by atoms with Gasteiger partial charge in [0.05, 0.1) is 12.0 Å². The Kier molecular flexibility index (Phi) is 7.16. The molecule has 10 heteroatoms. The maximum absolute atomic E-state index is 12.7. The van der Waals surface area contributed by atoms with Gasteiger partial charge in [0, 0.05) is 5.69 Å². The number of carbonyl (C=O) groups is 4. The van der Waals surface area contributed by atoms with Gasteiger partial charge in [-0.2, -0.15) is 0 Å². The molecule has 3 rings (SSSR count). The number of nitrogens with one attached hydrogen (secondary N) is 1. The lowest BCUT2D eigenvalue weighted by Crippen LogP contribution is -2.36. The number of aliphatic carboxylic acids is 1. The summed E-state index contributed by atoms with van der Waals surface area (Å²) in [6, 6.07) is 11.8. The lowest BCUT2D eigenvalue weighted by atomic mass is 10.2. The Balaban J connectivity index is 1.72. The van der Waals surface area contributed by atoms with Crippen LogP contribution in [-0.2, 0) is 14.4 Å². The minimum Gasteiger partial charge on any atom is -0.493 e. The number of nitrogens with zero attached hydrogens (tertiary/aromatic N) is 1. The molecule has 3 amide bonds. The largest absolute Gasteiger partial charge is 0.493 e. The molecule has 1 saturated heterocycles. The number of methoxy groups -OCH3 is 1. The quantitative estimate of drug-likeness (QED) is 0.581. The van der Waals surface area contributed by atoms with Crippen molar-refractivity contribution >= 4 is 46.5 Å². The Labute approximate surface area is 188 Å². The van der Waals surface area contributed by atoms with Crippen LogP contribution >= 0.6 is 11.8 Å². The van der Waals surface area contributed by atoms with Gasteiger partial charge in [-0.25, -0.2) is 4.79 Å². The van der Waals surface area contributed by atoms with E-state index < -0.39 is 36.2 Å². The second kappa shape index (κ2) is 10.0. The second-order valence-electron chi connectivity index (χ2n) is 6.77. The van der Waals surface area contributed by atoms with E-state index in [9.17, 15) is 19.2 Å². The fourth-order valence-corrected chi connectivity index (χ4v) is 3.64. The number of carboxylic acids is 1. The predicted octanol–water partition coefficient (Wildman–Crippen LogP) is 3.14. The molecule has 0 aromatic heterocycles. The van der Waals surface area contributed by atoms with E-state index in [0.717, 1.165) is 10.5 Å². The van der Waals surface area contributed by atoms with Crippen LogP contribution in [0.3, 0.4) is 0 Å². The highest BCUT2D eigenvalue weighted by atomic mass is 32.2. The maximum atomic E-state index is 12.7. The molecule has 166 valence electrons. The van der Waals surface area contributed by atoms with Crippen molar-refractivity contribution in [1.82, 2.24) is 4.90 Å². The average Bonchev–Trinajstić information content (AvgIpc) is 3.01. The molecule has 0 bridgehead atoms. The molecule has 2 aromatic rings. The number of carboxylic acid groups (broad SMARTS) is 1. The van der Waals surface area contributed by atoms with E-state index in [2.05, 4.69) is 5.32 Å². The highest BCUT2D eigenvalue weighted by Gasteiger charge is 2.36. The van der Waals surface area contributed by atoms with Gasteiger partial charge in [-0.05, 0) is 54.6 Å². The van der Waals surface area contributed by atoms with Crippen molar-refractivity contribution in [1.29, 1.82) is 0 Å². The van der Waals surface area contributed by atoms with Gasteiger partial charge in [-0.15, -0.1) is 0 Å². The van der Waals surface area contributed by atoms with Crippen LogP contribution < -0.4 is 14.8 Å². The van der Waals surface area contributed by atoms with Gasteiger partial charge in [-0.3, -0.25) is 19.3 Å². The van der Waals surface area contributed by atoms with Gasteiger partial charge in [0.2, 0.25) is 5.91 Å². The van der Waals surface area contributed by atoms with Crippen molar-refractivity contribution in [3.05, 3.63) is 58.5 Å². The fraction of sp³-hybridized carbons (Fsp3) is 0.182. The van der Waals surface area contributed by atoms with Gasteiger partial charge >= 0.3 is 5.97 Å². The molecule has 32 heavy (non-hydrogen) atoms. The lowest BCUT2D eigenvalue weighted by Gasteiger charge is -2.12. The van der Waals surface area contributed by atoms with Crippen molar-refractivity contribution < 1.29 is 33.8 Å². The molecule has 0 spiro atoms. The molecule has 0 radical (unpaired) electrons. The summed E-state index contributed by atoms with van der Waals surface area (Å²) in [4.78, 5) is 49.0. The molecule has 0 atom stereocenters. The van der Waals surface area contributed by atoms with Crippen LogP contribution in [0, 0.1) is 6.92 Å². The molecule has 1 aliphatic heterocycles. The number of aryl methyl sites for hydroxylation is 1. The van der Waals surface area contributed by atoms with Crippen LogP contribution in [0.1, 0.15) is 11.1 Å². The zero-order valence-electron chi connectivity index (χ0n) is 17.3. The van der Waals surface area contributed by atoms with Crippen LogP contribution in [0.15, 0.2) is 47.4 Å². The minimum atomic E-state index is -1.15. The van der Waals surface area contributed by atoms with Crippen molar-refractivity contribution in [3.63, 3.8) is 0 Å². The van der Waals surface area contributed by atoms with Crippen LogP contribution in [-0.4, -0.2) is 53.3 Å². The minimum absolute atomic E-state index is 0.132. The van der Waals surface area contributed by atoms with E-state index in [0.29, 0.717) is 28.8 Å². The Morgan fingerprint density at radius 1 is 1.12 bits per heavy atom. The highest BCUT2D eigenvalue weighted by molar-refractivity contribution is 8.18. The van der Waals surface area contributed by atoms with Crippen molar-refractivity contribution in [3.8, 4) is 11.5 Å². The number of hydrogen-bond donors (Lipinski definition) is 2. The number of benzene rings is 2. The number of rotatable bonds is 8. The first-order valence-electron chi connectivity index (χ1n) is 9.41. The van der Waals surface area contributed by atoms with Gasteiger partial charge in [-0.1, -0.05) is 23.8 Å². The zero-order valence-corrected chi connectivity index (χ0v) is 18.1. The number of ether oxygens (including phenoxy) is 2. The molecule has 9 nitrogen and oxygen atoms in total. The molecule has 0 aliphatic carbocycles. The van der Waals surface area contributed by atoms with Gasteiger partial charge < -0.3 is 19.9 Å². The summed E-state index contributed by atoms with van der Waals surface area (Å²) < 4.78 is 10.3. The monoisotopic (exact) mass is 456 g/mol. The molecule has 2 N–H and O–H groups in total. The van der Waals surface area contributed by atoms with Crippen molar-refractivity contribution in [2.75, 3.05) is 25.6 Å². The zero-order chi connectivity index (χ0) is 23.3. The van der Waals surface area contributed by atoms with E-state index in [1.807, 2.05) is 19.1 Å². The first kappa shape index (κ1) is 22.9. The summed E-state index contributed by atoms with van der Waals surface area (Å²) >= 11 is 0.713. The second-order valence-corrected chi connectivity index (χ2v) is 7.77. The van der Waals surface area contributed by atoms with Crippen molar-refractivity contribution in [2.45, 2.75) is 6.92 Å². The smallest absolute Gasteiger partial charge is 0.341 e. The first-order chi connectivity index (χ1) is 15.3. The van der Waals surface area contributed by atoms with Gasteiger partial charge in [0.1, 0.15) is 6.54 Å². The summed E-state index contributed by atoms with van der Waals surface area (Å²) in [5.74, 6) is -1.73. The Bertz CT molecular complexity index is 1100. The summed E-state index contributed by atoms with van der Waals surface area (Å²) in [5, 5.41) is 10.9. The third kappa shape index (κ3) is 5.67. The van der Waals surface area contributed by atoms with Gasteiger partial charge in [0.25, 0.3) is 11.1 Å². The third-order valence-corrected chi connectivity index (χ3v) is 5.25.